The van der Waals surface area contributed by atoms with Crippen molar-refractivity contribution in [1.82, 2.24) is 15.1 Å². The molecule has 1 aliphatic heterocycles. The lowest BCUT2D eigenvalue weighted by atomic mass is 10.1. The summed E-state index contributed by atoms with van der Waals surface area (Å²) >= 11 is 0. The van der Waals surface area contributed by atoms with Crippen LogP contribution in [0.3, 0.4) is 0 Å². The Labute approximate surface area is 83.4 Å². The van der Waals surface area contributed by atoms with Gasteiger partial charge < -0.3 is 10.4 Å². The molecule has 0 spiro atoms. The highest BCUT2D eigenvalue weighted by Crippen LogP contribution is 2.10. The Morgan fingerprint density at radius 2 is 2.46 bits per heavy atom. The normalized spacial score (nSPS) is 14.8. The van der Waals surface area contributed by atoms with Crippen LogP contribution in [-0.2, 0) is 19.5 Å². The van der Waals surface area contributed by atoms with Crippen LogP contribution >= 0.6 is 12.4 Å². The zero-order chi connectivity index (χ0) is 8.39. The Hall–Kier alpha value is -0.580. The molecule has 5 heteroatoms. The highest BCUT2D eigenvalue weighted by Gasteiger charge is 2.11. The van der Waals surface area contributed by atoms with Gasteiger partial charge in [0.05, 0.1) is 18.8 Å². The molecule has 2 N–H and O–H groups in total. The van der Waals surface area contributed by atoms with Gasteiger partial charge in [-0.3, -0.25) is 4.68 Å². The highest BCUT2D eigenvalue weighted by molar-refractivity contribution is 5.85. The van der Waals surface area contributed by atoms with Gasteiger partial charge in [0.2, 0.25) is 0 Å². The molecule has 74 valence electrons. The van der Waals surface area contributed by atoms with Crippen LogP contribution in [-0.4, -0.2) is 28.0 Å². The number of halogens is 1. The molecule has 0 aliphatic carbocycles. The van der Waals surface area contributed by atoms with Crippen molar-refractivity contribution in [2.75, 3.05) is 13.2 Å². The lowest BCUT2D eigenvalue weighted by Gasteiger charge is -2.09. The zero-order valence-corrected chi connectivity index (χ0v) is 8.18. The maximum absolute atomic E-state index is 8.70. The molecule has 1 aliphatic rings. The molecule has 0 atom stereocenters. The van der Waals surface area contributed by atoms with Crippen molar-refractivity contribution in [2.45, 2.75) is 19.5 Å². The van der Waals surface area contributed by atoms with Gasteiger partial charge in [0, 0.05) is 31.3 Å². The first-order valence-corrected chi connectivity index (χ1v) is 4.27. The topological polar surface area (TPSA) is 50.1 Å². The van der Waals surface area contributed by atoms with Gasteiger partial charge in [-0.05, 0) is 0 Å². The van der Waals surface area contributed by atoms with Crippen molar-refractivity contribution in [3.8, 4) is 0 Å². The van der Waals surface area contributed by atoms with E-state index >= 15 is 0 Å². The molecule has 0 aromatic carbocycles. The number of aliphatic hydroxyl groups is 1. The fraction of sp³-hybridized carbons (Fsp3) is 0.625. The number of fused-ring (bicyclic) bond motifs is 1. The SMILES string of the molecule is Cl.OCCn1cc2c(n1)CCNC2. The van der Waals surface area contributed by atoms with Crippen LogP contribution in [0.4, 0.5) is 0 Å². The number of hydrogen-bond acceptors (Lipinski definition) is 3. The highest BCUT2D eigenvalue weighted by atomic mass is 35.5. The molecule has 0 saturated carbocycles. The van der Waals surface area contributed by atoms with Gasteiger partial charge in [-0.2, -0.15) is 5.10 Å². The first-order valence-electron chi connectivity index (χ1n) is 4.27. The smallest absolute Gasteiger partial charge is 0.0682 e. The molecule has 0 saturated heterocycles. The molecule has 1 aromatic heterocycles. The van der Waals surface area contributed by atoms with E-state index in [9.17, 15) is 0 Å². The number of nitrogens with zero attached hydrogens (tertiary/aromatic N) is 2. The van der Waals surface area contributed by atoms with E-state index in [1.165, 1.54) is 11.3 Å². The Balaban J connectivity index is 0.000000845. The number of hydrogen-bond donors (Lipinski definition) is 2. The third-order valence-corrected chi connectivity index (χ3v) is 2.11. The van der Waals surface area contributed by atoms with Crippen LogP contribution < -0.4 is 5.32 Å². The van der Waals surface area contributed by atoms with Crippen LogP contribution in [0.25, 0.3) is 0 Å². The van der Waals surface area contributed by atoms with Crippen molar-refractivity contribution in [1.29, 1.82) is 0 Å². The summed E-state index contributed by atoms with van der Waals surface area (Å²) < 4.78 is 1.82. The summed E-state index contributed by atoms with van der Waals surface area (Å²) in [6.07, 6.45) is 3.02. The molecule has 0 radical (unpaired) electrons. The second-order valence-corrected chi connectivity index (χ2v) is 3.01. The Morgan fingerprint density at radius 3 is 3.15 bits per heavy atom. The lowest BCUT2D eigenvalue weighted by Crippen LogP contribution is -2.22. The molecular formula is C8H14ClN3O. The summed E-state index contributed by atoms with van der Waals surface area (Å²) in [7, 11) is 0. The summed E-state index contributed by atoms with van der Waals surface area (Å²) in [4.78, 5) is 0. The monoisotopic (exact) mass is 203 g/mol. The fourth-order valence-corrected chi connectivity index (χ4v) is 1.51. The van der Waals surface area contributed by atoms with E-state index in [0.29, 0.717) is 6.54 Å². The van der Waals surface area contributed by atoms with E-state index in [2.05, 4.69) is 10.4 Å². The predicted molar refractivity (Wildman–Crippen MR) is 52.0 cm³/mol. The van der Waals surface area contributed by atoms with Gasteiger partial charge >= 0.3 is 0 Å². The van der Waals surface area contributed by atoms with Crippen LogP contribution in [0.1, 0.15) is 11.3 Å². The Kier molecular flexibility index (Phi) is 3.71. The molecule has 0 bridgehead atoms. The van der Waals surface area contributed by atoms with Gasteiger partial charge in [0.25, 0.3) is 0 Å². The van der Waals surface area contributed by atoms with E-state index in [0.717, 1.165) is 19.5 Å². The molecule has 0 unspecified atom stereocenters. The van der Waals surface area contributed by atoms with Crippen LogP contribution in [0.2, 0.25) is 0 Å². The van der Waals surface area contributed by atoms with E-state index in [4.69, 9.17) is 5.11 Å². The first-order chi connectivity index (χ1) is 5.90. The second-order valence-electron chi connectivity index (χ2n) is 3.01. The zero-order valence-electron chi connectivity index (χ0n) is 7.36. The molecule has 4 nitrogen and oxygen atoms in total. The van der Waals surface area contributed by atoms with E-state index in [1.807, 2.05) is 10.9 Å². The molecular weight excluding hydrogens is 190 g/mol. The van der Waals surface area contributed by atoms with Crippen LogP contribution in [0, 0.1) is 0 Å². The Morgan fingerprint density at radius 1 is 1.62 bits per heavy atom. The van der Waals surface area contributed by atoms with Crippen molar-refractivity contribution >= 4 is 12.4 Å². The molecule has 13 heavy (non-hydrogen) atoms. The summed E-state index contributed by atoms with van der Waals surface area (Å²) in [6, 6.07) is 0. The van der Waals surface area contributed by atoms with Gasteiger partial charge in [-0.15, -0.1) is 12.4 Å². The summed E-state index contributed by atoms with van der Waals surface area (Å²) in [6.45, 7) is 2.70. The van der Waals surface area contributed by atoms with Crippen molar-refractivity contribution in [2.24, 2.45) is 0 Å². The quantitative estimate of drug-likeness (QED) is 0.709. The average Bonchev–Trinajstić information content (AvgIpc) is 2.47. The minimum Gasteiger partial charge on any atom is -0.394 e. The standard InChI is InChI=1S/C8H13N3O.ClH/c12-4-3-11-6-7-5-9-2-1-8(7)10-11;/h6,9,12H,1-5H2;1H. The summed E-state index contributed by atoms with van der Waals surface area (Å²) in [5, 5.41) is 16.3. The number of rotatable bonds is 2. The van der Waals surface area contributed by atoms with Gasteiger partial charge in [0.1, 0.15) is 0 Å². The van der Waals surface area contributed by atoms with E-state index in [1.54, 1.807) is 0 Å². The molecule has 1 aromatic rings. The fourth-order valence-electron chi connectivity index (χ4n) is 1.51. The van der Waals surface area contributed by atoms with E-state index < -0.39 is 0 Å². The average molecular weight is 204 g/mol. The van der Waals surface area contributed by atoms with Gasteiger partial charge in [-0.25, -0.2) is 0 Å². The van der Waals surface area contributed by atoms with Gasteiger partial charge in [-0.1, -0.05) is 0 Å². The van der Waals surface area contributed by atoms with Crippen molar-refractivity contribution in [3.05, 3.63) is 17.5 Å². The largest absolute Gasteiger partial charge is 0.394 e. The minimum atomic E-state index is 0. The van der Waals surface area contributed by atoms with Crippen molar-refractivity contribution in [3.63, 3.8) is 0 Å². The number of nitrogens with one attached hydrogen (secondary N) is 1. The van der Waals surface area contributed by atoms with Crippen LogP contribution in [0.15, 0.2) is 6.20 Å². The lowest BCUT2D eigenvalue weighted by molar-refractivity contribution is 0.269. The maximum Gasteiger partial charge on any atom is 0.0682 e. The third kappa shape index (κ3) is 2.21. The first kappa shape index (κ1) is 10.5. The second kappa shape index (κ2) is 4.60. The molecule has 0 fully saturated rings. The Bertz CT molecular complexity index is 251. The predicted octanol–water partition coefficient (Wildman–Crippen LogP) is -0.0571. The molecule has 0 amide bonds. The van der Waals surface area contributed by atoms with Crippen molar-refractivity contribution < 1.29 is 5.11 Å². The summed E-state index contributed by atoms with van der Waals surface area (Å²) in [5.41, 5.74) is 2.46. The van der Waals surface area contributed by atoms with Crippen LogP contribution in [0.5, 0.6) is 0 Å². The summed E-state index contributed by atoms with van der Waals surface area (Å²) in [5.74, 6) is 0. The third-order valence-electron chi connectivity index (χ3n) is 2.11. The minimum absolute atomic E-state index is 0. The number of aliphatic hydroxyl groups excluding tert-OH is 1. The molecule has 2 rings (SSSR count). The van der Waals surface area contributed by atoms with Gasteiger partial charge in [0.15, 0.2) is 0 Å². The van der Waals surface area contributed by atoms with E-state index in [-0.39, 0.29) is 19.0 Å². The maximum atomic E-state index is 8.70. The molecule has 2 heterocycles. The number of aromatic nitrogens is 2.